The van der Waals surface area contributed by atoms with Crippen LogP contribution in [0.3, 0.4) is 0 Å². The molecule has 0 unspecified atom stereocenters. The monoisotopic (exact) mass is 557 g/mol. The van der Waals surface area contributed by atoms with Crippen LogP contribution in [0.25, 0.3) is 0 Å². The number of carbonyl (C=O) groups is 4. The van der Waals surface area contributed by atoms with Gasteiger partial charge in [0.15, 0.2) is 16.7 Å². The van der Waals surface area contributed by atoms with E-state index in [2.05, 4.69) is 15.3 Å². The Labute approximate surface area is 228 Å². The Hall–Kier alpha value is -3.02. The number of hydrogen-bond acceptors (Lipinski definition) is 10. The number of hydrogen-bond donors (Lipinski definition) is 1. The van der Waals surface area contributed by atoms with Gasteiger partial charge in [0, 0.05) is 11.3 Å². The molecule has 194 valence electrons. The van der Waals surface area contributed by atoms with Crippen LogP contribution in [0, 0.1) is 20.8 Å². The first-order valence-corrected chi connectivity index (χ1v) is 14.2. The molecule has 1 aromatic carbocycles. The highest BCUT2D eigenvalue weighted by Crippen LogP contribution is 2.34. The van der Waals surface area contributed by atoms with Crippen LogP contribution in [-0.2, 0) is 9.53 Å². The highest BCUT2D eigenvalue weighted by Gasteiger charge is 2.25. The van der Waals surface area contributed by atoms with Crippen molar-refractivity contribution in [2.24, 2.45) is 0 Å². The highest BCUT2D eigenvalue weighted by atomic mass is 32.2. The SMILES string of the molecule is CCOC(=O)c1c(NC(=O)CSc2cc(C)nc(SCC(=O)c3ccc(C)cc3)n2)sc(C(C)=O)c1C. The second kappa shape index (κ2) is 13.0. The van der Waals surface area contributed by atoms with E-state index in [-0.39, 0.29) is 46.2 Å². The summed E-state index contributed by atoms with van der Waals surface area (Å²) in [5, 5.41) is 4.07. The summed E-state index contributed by atoms with van der Waals surface area (Å²) in [6.07, 6.45) is 0. The minimum Gasteiger partial charge on any atom is -0.462 e. The van der Waals surface area contributed by atoms with Gasteiger partial charge in [-0.05, 0) is 46.2 Å². The average Bonchev–Trinajstić information content (AvgIpc) is 3.17. The Morgan fingerprint density at radius 2 is 1.70 bits per heavy atom. The molecule has 0 saturated heterocycles. The Bertz CT molecular complexity index is 1340. The molecular formula is C26H27N3O5S3. The van der Waals surface area contributed by atoms with Gasteiger partial charge in [0.05, 0.1) is 28.6 Å². The van der Waals surface area contributed by atoms with E-state index in [1.54, 1.807) is 32.0 Å². The molecule has 0 radical (unpaired) electrons. The van der Waals surface area contributed by atoms with Gasteiger partial charge in [-0.2, -0.15) is 0 Å². The number of aromatic nitrogens is 2. The number of Topliss-reactive ketones (excluding diaryl/α,β-unsaturated/α-hetero) is 2. The van der Waals surface area contributed by atoms with Crippen LogP contribution in [0.15, 0.2) is 40.5 Å². The van der Waals surface area contributed by atoms with E-state index in [9.17, 15) is 19.2 Å². The van der Waals surface area contributed by atoms with Crippen molar-refractivity contribution in [1.82, 2.24) is 9.97 Å². The van der Waals surface area contributed by atoms with Crippen LogP contribution >= 0.6 is 34.9 Å². The predicted molar refractivity (Wildman–Crippen MR) is 147 cm³/mol. The number of carbonyl (C=O) groups excluding carboxylic acids is 4. The Balaban J connectivity index is 1.65. The molecule has 8 nitrogen and oxygen atoms in total. The fourth-order valence-corrected chi connectivity index (χ4v) is 6.01. The van der Waals surface area contributed by atoms with Gasteiger partial charge in [0.1, 0.15) is 10.0 Å². The number of nitrogens with zero attached hydrogens (tertiary/aromatic N) is 2. The molecule has 37 heavy (non-hydrogen) atoms. The molecule has 0 saturated carbocycles. The van der Waals surface area contributed by atoms with Crippen LogP contribution in [0.4, 0.5) is 5.00 Å². The van der Waals surface area contributed by atoms with Crippen molar-refractivity contribution in [3.63, 3.8) is 0 Å². The summed E-state index contributed by atoms with van der Waals surface area (Å²) in [6.45, 7) is 8.73. The number of thiophene rings is 1. The molecule has 0 atom stereocenters. The summed E-state index contributed by atoms with van der Waals surface area (Å²) in [5.74, 6) is -0.920. The second-order valence-corrected chi connectivity index (χ2v) is 11.0. The number of rotatable bonds is 11. The van der Waals surface area contributed by atoms with E-state index >= 15 is 0 Å². The van der Waals surface area contributed by atoms with E-state index in [4.69, 9.17) is 4.74 Å². The summed E-state index contributed by atoms with van der Waals surface area (Å²) in [7, 11) is 0. The smallest absolute Gasteiger partial charge is 0.341 e. The standard InChI is InChI=1S/C26H27N3O5S3/c1-6-34-25(33)22-16(4)23(17(5)30)37-24(22)28-20(32)13-35-21-11-15(3)27-26(29-21)36-12-19(31)18-9-7-14(2)8-10-18/h7-11H,6,12-13H2,1-5H3,(H,28,32). The average molecular weight is 558 g/mol. The molecule has 3 rings (SSSR count). The van der Waals surface area contributed by atoms with E-state index in [0.29, 0.717) is 31.9 Å². The van der Waals surface area contributed by atoms with Crippen LogP contribution in [0.5, 0.6) is 0 Å². The van der Waals surface area contributed by atoms with Crippen molar-refractivity contribution in [2.45, 2.75) is 44.8 Å². The maximum Gasteiger partial charge on any atom is 0.341 e. The van der Waals surface area contributed by atoms with Crippen molar-refractivity contribution in [1.29, 1.82) is 0 Å². The maximum atomic E-state index is 12.7. The van der Waals surface area contributed by atoms with E-state index in [0.717, 1.165) is 16.9 Å². The minimum absolute atomic E-state index is 0.0164. The fourth-order valence-electron chi connectivity index (χ4n) is 3.29. The molecule has 0 aliphatic rings. The van der Waals surface area contributed by atoms with E-state index < -0.39 is 5.97 Å². The second-order valence-electron chi connectivity index (χ2n) is 8.08. The number of nitrogens with one attached hydrogen (secondary N) is 1. The molecule has 0 spiro atoms. The van der Waals surface area contributed by atoms with Gasteiger partial charge in [0.2, 0.25) is 5.91 Å². The third-order valence-electron chi connectivity index (χ3n) is 5.07. The summed E-state index contributed by atoms with van der Waals surface area (Å²) in [6, 6.07) is 9.16. The summed E-state index contributed by atoms with van der Waals surface area (Å²) in [4.78, 5) is 58.9. The number of aryl methyl sites for hydroxylation is 2. The minimum atomic E-state index is -0.583. The maximum absolute atomic E-state index is 12.7. The van der Waals surface area contributed by atoms with Crippen molar-refractivity contribution < 1.29 is 23.9 Å². The van der Waals surface area contributed by atoms with Gasteiger partial charge in [0.25, 0.3) is 0 Å². The van der Waals surface area contributed by atoms with Gasteiger partial charge < -0.3 is 10.1 Å². The van der Waals surface area contributed by atoms with Gasteiger partial charge in [-0.15, -0.1) is 11.3 Å². The molecule has 11 heteroatoms. The van der Waals surface area contributed by atoms with Crippen molar-refractivity contribution in [3.8, 4) is 0 Å². The first-order valence-electron chi connectivity index (χ1n) is 11.4. The molecule has 3 aromatic rings. The van der Waals surface area contributed by atoms with Crippen molar-refractivity contribution in [3.05, 3.63) is 63.2 Å². The third-order valence-corrected chi connectivity index (χ3v) is 8.13. The normalized spacial score (nSPS) is 10.7. The van der Waals surface area contributed by atoms with Crippen LogP contribution in [0.1, 0.15) is 61.1 Å². The summed E-state index contributed by atoms with van der Waals surface area (Å²) in [5.41, 5.74) is 3.13. The summed E-state index contributed by atoms with van der Waals surface area (Å²) < 4.78 is 5.11. The predicted octanol–water partition coefficient (Wildman–Crippen LogP) is 5.55. The van der Waals surface area contributed by atoms with Crippen molar-refractivity contribution in [2.75, 3.05) is 23.4 Å². The van der Waals surface area contributed by atoms with Crippen molar-refractivity contribution >= 4 is 63.3 Å². The van der Waals surface area contributed by atoms with Crippen LogP contribution in [0.2, 0.25) is 0 Å². The van der Waals surface area contributed by atoms with Gasteiger partial charge in [-0.25, -0.2) is 14.8 Å². The number of thioether (sulfide) groups is 2. The van der Waals surface area contributed by atoms with Crippen LogP contribution < -0.4 is 5.32 Å². The largest absolute Gasteiger partial charge is 0.462 e. The fraction of sp³-hybridized carbons (Fsp3) is 0.308. The Morgan fingerprint density at radius 3 is 2.35 bits per heavy atom. The molecule has 0 fully saturated rings. The summed E-state index contributed by atoms with van der Waals surface area (Å²) >= 11 is 3.51. The molecule has 0 aliphatic heterocycles. The zero-order valence-corrected chi connectivity index (χ0v) is 23.6. The van der Waals surface area contributed by atoms with E-state index in [1.807, 2.05) is 26.0 Å². The van der Waals surface area contributed by atoms with Gasteiger partial charge >= 0.3 is 5.97 Å². The topological polar surface area (TPSA) is 115 Å². The molecule has 2 aromatic heterocycles. The molecule has 1 N–H and O–H groups in total. The first-order chi connectivity index (χ1) is 17.6. The molecule has 0 bridgehead atoms. The molecule has 0 aliphatic carbocycles. The van der Waals surface area contributed by atoms with E-state index in [1.165, 1.54) is 30.4 Å². The number of esters is 1. The lowest BCUT2D eigenvalue weighted by molar-refractivity contribution is -0.113. The third kappa shape index (κ3) is 7.73. The molecule has 2 heterocycles. The zero-order valence-electron chi connectivity index (χ0n) is 21.2. The van der Waals surface area contributed by atoms with Gasteiger partial charge in [-0.3, -0.25) is 14.4 Å². The lowest BCUT2D eigenvalue weighted by Crippen LogP contribution is -2.16. The Morgan fingerprint density at radius 1 is 1.00 bits per heavy atom. The quantitative estimate of drug-likeness (QED) is 0.107. The number of ether oxygens (including phenoxy) is 1. The molecular weight excluding hydrogens is 531 g/mol. The highest BCUT2D eigenvalue weighted by molar-refractivity contribution is 8.00. The number of anilines is 1. The van der Waals surface area contributed by atoms with Crippen LogP contribution in [-0.4, -0.2) is 51.5 Å². The van der Waals surface area contributed by atoms with Gasteiger partial charge in [-0.1, -0.05) is 53.4 Å². The lowest BCUT2D eigenvalue weighted by Gasteiger charge is -2.08. The number of ketones is 2. The lowest BCUT2D eigenvalue weighted by atomic mass is 10.1. The number of amides is 1. The molecule has 1 amide bonds. The zero-order chi connectivity index (χ0) is 27.1. The Kier molecular flexibility index (Phi) is 10.0. The number of benzene rings is 1. The first kappa shape index (κ1) is 28.5.